The van der Waals surface area contributed by atoms with Gasteiger partial charge < -0.3 is 15.1 Å². The Morgan fingerprint density at radius 2 is 1.73 bits per heavy atom. The van der Waals surface area contributed by atoms with E-state index < -0.39 is 17.5 Å². The predicted molar refractivity (Wildman–Crippen MR) is 110 cm³/mol. The number of hydrogen-bond acceptors (Lipinski definition) is 2. The second-order valence-electron chi connectivity index (χ2n) is 7.93. The predicted octanol–water partition coefficient (Wildman–Crippen LogP) is 4.20. The number of likely N-dealkylation sites (tertiary alicyclic amines) is 1. The number of carbonyl (C=O) groups excluding carboxylic acids is 1. The van der Waals surface area contributed by atoms with Crippen molar-refractivity contribution in [1.29, 1.82) is 0 Å². The Kier molecular flexibility index (Phi) is 7.74. The molecule has 4 nitrogen and oxygen atoms in total. The lowest BCUT2D eigenvalue weighted by Gasteiger charge is -2.32. The van der Waals surface area contributed by atoms with Gasteiger partial charge in [-0.25, -0.2) is 18.0 Å². The highest BCUT2D eigenvalue weighted by Crippen LogP contribution is 2.19. The van der Waals surface area contributed by atoms with E-state index in [2.05, 4.69) is 41.5 Å². The van der Waals surface area contributed by atoms with Crippen molar-refractivity contribution in [2.24, 2.45) is 5.92 Å². The first-order chi connectivity index (χ1) is 14.4. The largest absolute Gasteiger partial charge is 0.338 e. The number of hydrogen-bond donors (Lipinski definition) is 1. The molecule has 2 aromatic carbocycles. The quantitative estimate of drug-likeness (QED) is 0.741. The fourth-order valence-corrected chi connectivity index (χ4v) is 3.93. The maximum absolute atomic E-state index is 12.3. The van der Waals surface area contributed by atoms with E-state index >= 15 is 0 Å². The SMILES string of the molecule is CN1CCCC(CNC(=O)N2CCc3ccccc3C2)C1.Fc1cccc(F)c1F. The molecule has 1 N–H and O–H groups in total. The van der Waals surface area contributed by atoms with Crippen molar-refractivity contribution >= 4 is 6.03 Å². The van der Waals surface area contributed by atoms with E-state index in [4.69, 9.17) is 0 Å². The zero-order chi connectivity index (χ0) is 21.5. The van der Waals surface area contributed by atoms with Crippen LogP contribution in [0.1, 0.15) is 24.0 Å². The van der Waals surface area contributed by atoms with E-state index in [1.807, 2.05) is 4.90 Å². The molecule has 2 aromatic rings. The Balaban J connectivity index is 0.000000239. The van der Waals surface area contributed by atoms with Crippen molar-refractivity contribution < 1.29 is 18.0 Å². The first-order valence-electron chi connectivity index (χ1n) is 10.3. The highest BCUT2D eigenvalue weighted by atomic mass is 19.2. The van der Waals surface area contributed by atoms with Crippen LogP contribution in [0.25, 0.3) is 0 Å². The van der Waals surface area contributed by atoms with Crippen LogP contribution < -0.4 is 5.32 Å². The highest BCUT2D eigenvalue weighted by molar-refractivity contribution is 5.74. The molecule has 7 heteroatoms. The molecule has 162 valence electrons. The summed E-state index contributed by atoms with van der Waals surface area (Å²) in [6.07, 6.45) is 3.44. The maximum atomic E-state index is 12.3. The third-order valence-electron chi connectivity index (χ3n) is 5.59. The van der Waals surface area contributed by atoms with Gasteiger partial charge in [0.15, 0.2) is 17.5 Å². The molecule has 0 aromatic heterocycles. The summed E-state index contributed by atoms with van der Waals surface area (Å²) >= 11 is 0. The molecule has 0 saturated carbocycles. The zero-order valence-corrected chi connectivity index (χ0v) is 17.2. The molecule has 1 unspecified atom stereocenters. The van der Waals surface area contributed by atoms with Gasteiger partial charge in [-0.3, -0.25) is 0 Å². The second-order valence-corrected chi connectivity index (χ2v) is 7.93. The number of fused-ring (bicyclic) bond motifs is 1. The number of nitrogens with one attached hydrogen (secondary N) is 1. The number of halogens is 3. The number of amides is 2. The van der Waals surface area contributed by atoms with Crippen molar-refractivity contribution in [3.05, 3.63) is 71.0 Å². The van der Waals surface area contributed by atoms with Gasteiger partial charge in [0.25, 0.3) is 0 Å². The summed E-state index contributed by atoms with van der Waals surface area (Å²) in [5.74, 6) is -3.13. The first-order valence-corrected chi connectivity index (χ1v) is 10.3. The molecule has 0 aliphatic carbocycles. The van der Waals surface area contributed by atoms with Crippen LogP contribution in [0, 0.1) is 23.4 Å². The van der Waals surface area contributed by atoms with E-state index in [-0.39, 0.29) is 6.03 Å². The Morgan fingerprint density at radius 1 is 1.03 bits per heavy atom. The van der Waals surface area contributed by atoms with Gasteiger partial charge in [-0.15, -0.1) is 0 Å². The van der Waals surface area contributed by atoms with Crippen molar-refractivity contribution in [2.45, 2.75) is 25.8 Å². The topological polar surface area (TPSA) is 35.6 Å². The average molecular weight is 419 g/mol. The standard InChI is InChI=1S/C17H25N3O.C6H3F3/c1-19-9-4-5-14(12-19)11-18-17(21)20-10-8-15-6-2-3-7-16(15)13-20;7-4-2-1-3-5(8)6(4)9/h2-3,6-7,14H,4-5,8-13H2,1H3,(H,18,21);1-3H. The Labute approximate surface area is 175 Å². The summed E-state index contributed by atoms with van der Waals surface area (Å²) in [7, 11) is 2.16. The summed E-state index contributed by atoms with van der Waals surface area (Å²) in [5, 5.41) is 3.13. The Hall–Kier alpha value is -2.54. The van der Waals surface area contributed by atoms with E-state index in [1.165, 1.54) is 30.5 Å². The lowest BCUT2D eigenvalue weighted by Crippen LogP contribution is -2.46. The van der Waals surface area contributed by atoms with Crippen LogP contribution in [0.4, 0.5) is 18.0 Å². The molecular weight excluding hydrogens is 391 g/mol. The van der Waals surface area contributed by atoms with Crippen molar-refractivity contribution in [1.82, 2.24) is 15.1 Å². The van der Waals surface area contributed by atoms with Crippen LogP contribution in [0.15, 0.2) is 42.5 Å². The van der Waals surface area contributed by atoms with E-state index in [0.29, 0.717) is 5.92 Å². The van der Waals surface area contributed by atoms with Crippen molar-refractivity contribution in [3.63, 3.8) is 0 Å². The van der Waals surface area contributed by atoms with Gasteiger partial charge in [0.1, 0.15) is 0 Å². The van der Waals surface area contributed by atoms with Gasteiger partial charge in [-0.1, -0.05) is 30.3 Å². The summed E-state index contributed by atoms with van der Waals surface area (Å²) in [5.41, 5.74) is 2.67. The summed E-state index contributed by atoms with van der Waals surface area (Å²) in [4.78, 5) is 16.6. The smallest absolute Gasteiger partial charge is 0.317 e. The number of carbonyl (C=O) groups is 1. The number of urea groups is 1. The van der Waals surface area contributed by atoms with Crippen LogP contribution in [-0.4, -0.2) is 49.1 Å². The van der Waals surface area contributed by atoms with Crippen LogP contribution in [0.5, 0.6) is 0 Å². The third kappa shape index (κ3) is 5.98. The molecular formula is C23H28F3N3O. The van der Waals surface area contributed by atoms with Crippen LogP contribution >= 0.6 is 0 Å². The second kappa shape index (κ2) is 10.5. The van der Waals surface area contributed by atoms with Gasteiger partial charge in [0, 0.05) is 26.2 Å². The van der Waals surface area contributed by atoms with Crippen LogP contribution in [0.3, 0.4) is 0 Å². The molecule has 1 fully saturated rings. The minimum Gasteiger partial charge on any atom is -0.338 e. The average Bonchev–Trinajstić information content (AvgIpc) is 2.76. The molecule has 30 heavy (non-hydrogen) atoms. The van der Waals surface area contributed by atoms with E-state index in [1.54, 1.807) is 0 Å². The summed E-state index contributed by atoms with van der Waals surface area (Å²) in [6.45, 7) is 4.66. The summed E-state index contributed by atoms with van der Waals surface area (Å²) < 4.78 is 35.9. The fourth-order valence-electron chi connectivity index (χ4n) is 3.93. The van der Waals surface area contributed by atoms with Gasteiger partial charge in [-0.2, -0.15) is 0 Å². The lowest BCUT2D eigenvalue weighted by atomic mass is 9.98. The maximum Gasteiger partial charge on any atom is 0.317 e. The lowest BCUT2D eigenvalue weighted by molar-refractivity contribution is 0.179. The normalized spacial score (nSPS) is 18.8. The Bertz CT molecular complexity index is 841. The molecule has 0 bridgehead atoms. The molecule has 2 heterocycles. The van der Waals surface area contributed by atoms with Crippen molar-refractivity contribution in [3.8, 4) is 0 Å². The minimum atomic E-state index is -1.42. The number of nitrogens with zero attached hydrogens (tertiary/aromatic N) is 2. The monoisotopic (exact) mass is 419 g/mol. The number of benzene rings is 2. The van der Waals surface area contributed by atoms with Gasteiger partial charge in [-0.05, 0) is 62.0 Å². The summed E-state index contributed by atoms with van der Waals surface area (Å²) in [6, 6.07) is 11.3. The molecule has 0 radical (unpaired) electrons. The molecule has 2 aliphatic rings. The van der Waals surface area contributed by atoms with Crippen LogP contribution in [-0.2, 0) is 13.0 Å². The molecule has 1 atom stereocenters. The number of rotatable bonds is 2. The van der Waals surface area contributed by atoms with Crippen LogP contribution in [0.2, 0.25) is 0 Å². The molecule has 2 aliphatic heterocycles. The highest BCUT2D eigenvalue weighted by Gasteiger charge is 2.22. The molecule has 2 amide bonds. The Morgan fingerprint density at radius 3 is 2.40 bits per heavy atom. The molecule has 1 saturated heterocycles. The number of piperidine rings is 1. The van der Waals surface area contributed by atoms with E-state index in [0.717, 1.165) is 50.8 Å². The zero-order valence-electron chi connectivity index (χ0n) is 17.2. The third-order valence-corrected chi connectivity index (χ3v) is 5.59. The van der Waals surface area contributed by atoms with Gasteiger partial charge >= 0.3 is 6.03 Å². The van der Waals surface area contributed by atoms with Crippen molar-refractivity contribution in [2.75, 3.05) is 33.2 Å². The minimum absolute atomic E-state index is 0.0951. The van der Waals surface area contributed by atoms with E-state index in [9.17, 15) is 18.0 Å². The molecule has 4 rings (SSSR count). The first kappa shape index (κ1) is 22.2. The fraction of sp³-hybridized carbons (Fsp3) is 0.435. The van der Waals surface area contributed by atoms with Gasteiger partial charge in [0.2, 0.25) is 0 Å². The van der Waals surface area contributed by atoms with Gasteiger partial charge in [0.05, 0.1) is 0 Å². The molecule has 0 spiro atoms.